The van der Waals surface area contributed by atoms with Gasteiger partial charge in [-0.1, -0.05) is 48.0 Å². The second-order valence-electron chi connectivity index (χ2n) is 6.24. The summed E-state index contributed by atoms with van der Waals surface area (Å²) in [6.07, 6.45) is 1.09. The molecule has 0 heterocycles. The van der Waals surface area contributed by atoms with Crippen molar-refractivity contribution in [3.8, 4) is 0 Å². The second kappa shape index (κ2) is 6.65. The van der Waals surface area contributed by atoms with E-state index in [-0.39, 0.29) is 11.4 Å². The largest absolute Gasteiger partial charge is 0.399 e. The van der Waals surface area contributed by atoms with E-state index >= 15 is 0 Å². The Hall–Kier alpha value is -2.29. The van der Waals surface area contributed by atoms with Crippen LogP contribution in [0.15, 0.2) is 48.5 Å². The van der Waals surface area contributed by atoms with Gasteiger partial charge < -0.3 is 11.1 Å². The van der Waals surface area contributed by atoms with Crippen molar-refractivity contribution in [1.82, 2.24) is 5.32 Å². The molecule has 2 aromatic rings. The monoisotopic (exact) mass is 296 g/mol. The van der Waals surface area contributed by atoms with Gasteiger partial charge in [-0.15, -0.1) is 0 Å². The molecule has 0 atom stereocenters. The van der Waals surface area contributed by atoms with Crippen LogP contribution in [-0.2, 0) is 16.8 Å². The Morgan fingerprint density at radius 1 is 1.14 bits per heavy atom. The number of nitrogen functional groups attached to an aromatic ring is 1. The number of nitrogens with one attached hydrogen (secondary N) is 1. The quantitative estimate of drug-likeness (QED) is 0.829. The standard InChI is InChI=1S/C19H24N2O/c1-14-7-6-9-16(13-14)19(2,3)21-18(22)12-11-15-8-4-5-10-17(15)20/h4-10,13H,11-12,20H2,1-3H3,(H,21,22). The third kappa shape index (κ3) is 4.10. The lowest BCUT2D eigenvalue weighted by molar-refractivity contribution is -0.122. The number of carbonyl (C=O) groups is 1. The number of nitrogens with two attached hydrogens (primary N) is 1. The number of anilines is 1. The van der Waals surface area contributed by atoms with E-state index in [1.807, 2.05) is 50.2 Å². The summed E-state index contributed by atoms with van der Waals surface area (Å²) >= 11 is 0. The molecule has 1 amide bonds. The molecular formula is C19H24N2O. The molecule has 0 radical (unpaired) electrons. The van der Waals surface area contributed by atoms with Crippen LogP contribution >= 0.6 is 0 Å². The predicted octanol–water partition coefficient (Wildman–Crippen LogP) is 3.56. The van der Waals surface area contributed by atoms with Crippen molar-refractivity contribution in [1.29, 1.82) is 0 Å². The van der Waals surface area contributed by atoms with E-state index < -0.39 is 0 Å². The number of para-hydroxylation sites is 1. The van der Waals surface area contributed by atoms with Gasteiger partial charge in [0.15, 0.2) is 0 Å². The number of aryl methyl sites for hydroxylation is 2. The molecule has 2 rings (SSSR count). The third-order valence-electron chi connectivity index (χ3n) is 3.87. The fraction of sp³-hybridized carbons (Fsp3) is 0.316. The van der Waals surface area contributed by atoms with Gasteiger partial charge in [-0.05, 0) is 44.4 Å². The molecule has 0 unspecified atom stereocenters. The minimum atomic E-state index is -0.384. The molecule has 3 N–H and O–H groups in total. The Labute approximate surface area is 132 Å². The minimum Gasteiger partial charge on any atom is -0.399 e. The molecule has 0 aliphatic rings. The molecule has 2 aromatic carbocycles. The van der Waals surface area contributed by atoms with Crippen molar-refractivity contribution >= 4 is 11.6 Å². The van der Waals surface area contributed by atoms with Crippen LogP contribution in [0.4, 0.5) is 5.69 Å². The van der Waals surface area contributed by atoms with Crippen molar-refractivity contribution in [2.75, 3.05) is 5.73 Å². The first-order chi connectivity index (χ1) is 10.4. The Morgan fingerprint density at radius 2 is 1.86 bits per heavy atom. The summed E-state index contributed by atoms with van der Waals surface area (Å²) in [5.41, 5.74) is 9.59. The van der Waals surface area contributed by atoms with Crippen molar-refractivity contribution in [3.63, 3.8) is 0 Å². The van der Waals surface area contributed by atoms with Crippen LogP contribution in [0.5, 0.6) is 0 Å². The molecule has 0 aliphatic carbocycles. The zero-order valence-corrected chi connectivity index (χ0v) is 13.5. The minimum absolute atomic E-state index is 0.0368. The Balaban J connectivity index is 1.98. The van der Waals surface area contributed by atoms with Crippen LogP contribution in [0.3, 0.4) is 0 Å². The number of carbonyl (C=O) groups excluding carboxylic acids is 1. The first kappa shape index (κ1) is 16.1. The molecule has 0 aromatic heterocycles. The Morgan fingerprint density at radius 3 is 2.55 bits per heavy atom. The molecule has 3 nitrogen and oxygen atoms in total. The van der Waals surface area contributed by atoms with Crippen LogP contribution in [0, 0.1) is 6.92 Å². The highest BCUT2D eigenvalue weighted by Gasteiger charge is 2.22. The van der Waals surface area contributed by atoms with E-state index in [1.54, 1.807) is 0 Å². The normalized spacial score (nSPS) is 11.2. The van der Waals surface area contributed by atoms with E-state index in [0.29, 0.717) is 12.8 Å². The van der Waals surface area contributed by atoms with E-state index in [1.165, 1.54) is 5.56 Å². The molecule has 3 heteroatoms. The topological polar surface area (TPSA) is 55.1 Å². The van der Waals surface area contributed by atoms with E-state index in [4.69, 9.17) is 5.73 Å². The van der Waals surface area contributed by atoms with Gasteiger partial charge in [0.1, 0.15) is 0 Å². The average Bonchev–Trinajstić information content (AvgIpc) is 2.46. The summed E-state index contributed by atoms with van der Waals surface area (Å²) in [5.74, 6) is 0.0368. The smallest absolute Gasteiger partial charge is 0.221 e. The van der Waals surface area contributed by atoms with Gasteiger partial charge in [0.2, 0.25) is 5.91 Å². The van der Waals surface area contributed by atoms with Crippen molar-refractivity contribution in [2.45, 2.75) is 39.2 Å². The fourth-order valence-electron chi connectivity index (χ4n) is 2.53. The van der Waals surface area contributed by atoms with E-state index in [9.17, 15) is 4.79 Å². The van der Waals surface area contributed by atoms with Gasteiger partial charge in [0.25, 0.3) is 0 Å². The molecule has 0 aliphatic heterocycles. The molecule has 0 fully saturated rings. The van der Waals surface area contributed by atoms with Crippen molar-refractivity contribution in [3.05, 3.63) is 65.2 Å². The first-order valence-electron chi connectivity index (χ1n) is 7.60. The van der Waals surface area contributed by atoms with Gasteiger partial charge >= 0.3 is 0 Å². The molecule has 0 spiro atoms. The van der Waals surface area contributed by atoms with Crippen molar-refractivity contribution < 1.29 is 4.79 Å². The maximum absolute atomic E-state index is 12.2. The Kier molecular flexibility index (Phi) is 4.86. The van der Waals surface area contributed by atoms with Gasteiger partial charge in [-0.25, -0.2) is 0 Å². The summed E-state index contributed by atoms with van der Waals surface area (Å²) in [5, 5.41) is 3.11. The van der Waals surface area contributed by atoms with Crippen LogP contribution < -0.4 is 11.1 Å². The van der Waals surface area contributed by atoms with E-state index in [2.05, 4.69) is 24.4 Å². The fourth-order valence-corrected chi connectivity index (χ4v) is 2.53. The summed E-state index contributed by atoms with van der Waals surface area (Å²) in [6, 6.07) is 15.9. The predicted molar refractivity (Wildman–Crippen MR) is 91.5 cm³/mol. The molecule has 22 heavy (non-hydrogen) atoms. The van der Waals surface area contributed by atoms with E-state index in [0.717, 1.165) is 16.8 Å². The lowest BCUT2D eigenvalue weighted by atomic mass is 9.92. The number of benzene rings is 2. The highest BCUT2D eigenvalue weighted by atomic mass is 16.1. The van der Waals surface area contributed by atoms with Crippen LogP contribution in [0.25, 0.3) is 0 Å². The number of hydrogen-bond acceptors (Lipinski definition) is 2. The second-order valence-corrected chi connectivity index (χ2v) is 6.24. The first-order valence-corrected chi connectivity index (χ1v) is 7.60. The molecule has 0 bridgehead atoms. The van der Waals surface area contributed by atoms with Crippen LogP contribution in [-0.4, -0.2) is 5.91 Å². The molecule has 0 saturated carbocycles. The summed E-state index contributed by atoms with van der Waals surface area (Å²) in [6.45, 7) is 6.10. The van der Waals surface area contributed by atoms with Crippen LogP contribution in [0.2, 0.25) is 0 Å². The number of amides is 1. The maximum atomic E-state index is 12.2. The molecular weight excluding hydrogens is 272 g/mol. The van der Waals surface area contributed by atoms with Crippen molar-refractivity contribution in [2.24, 2.45) is 0 Å². The molecule has 0 saturated heterocycles. The summed E-state index contributed by atoms with van der Waals surface area (Å²) in [7, 11) is 0. The summed E-state index contributed by atoms with van der Waals surface area (Å²) in [4.78, 5) is 12.2. The third-order valence-corrected chi connectivity index (χ3v) is 3.87. The lowest BCUT2D eigenvalue weighted by Crippen LogP contribution is -2.41. The SMILES string of the molecule is Cc1cccc(C(C)(C)NC(=O)CCc2ccccc2N)c1. The number of rotatable bonds is 5. The highest BCUT2D eigenvalue weighted by Crippen LogP contribution is 2.21. The van der Waals surface area contributed by atoms with Gasteiger partial charge in [-0.2, -0.15) is 0 Å². The maximum Gasteiger partial charge on any atom is 0.221 e. The summed E-state index contributed by atoms with van der Waals surface area (Å²) < 4.78 is 0. The zero-order chi connectivity index (χ0) is 16.2. The highest BCUT2D eigenvalue weighted by molar-refractivity contribution is 5.77. The zero-order valence-electron chi connectivity index (χ0n) is 13.5. The number of hydrogen-bond donors (Lipinski definition) is 2. The van der Waals surface area contributed by atoms with Gasteiger partial charge in [0.05, 0.1) is 5.54 Å². The lowest BCUT2D eigenvalue weighted by Gasteiger charge is -2.27. The van der Waals surface area contributed by atoms with Gasteiger partial charge in [-0.3, -0.25) is 4.79 Å². The Bertz CT molecular complexity index is 662. The molecule has 116 valence electrons. The van der Waals surface area contributed by atoms with Gasteiger partial charge in [0, 0.05) is 12.1 Å². The average molecular weight is 296 g/mol. The van der Waals surface area contributed by atoms with Crippen LogP contribution in [0.1, 0.15) is 37.0 Å².